The topological polar surface area (TPSA) is 67.0 Å². The molecule has 0 saturated carbocycles. The van der Waals surface area contributed by atoms with Crippen LogP contribution in [0.3, 0.4) is 0 Å². The molecule has 7 nitrogen and oxygen atoms in total. The normalized spacial score (nSPS) is 17.9. The second-order valence-electron chi connectivity index (χ2n) is 8.75. The van der Waals surface area contributed by atoms with Gasteiger partial charge in [-0.2, -0.15) is 10.2 Å². The molecule has 1 aliphatic rings. The van der Waals surface area contributed by atoms with Crippen LogP contribution in [0.2, 0.25) is 30.8 Å². The average molecular weight is 434 g/mol. The van der Waals surface area contributed by atoms with Crippen molar-refractivity contribution < 1.29 is 9.47 Å². The Kier molecular flexibility index (Phi) is 6.05. The van der Waals surface area contributed by atoms with Crippen molar-refractivity contribution in [3.8, 4) is 11.1 Å². The first-order valence-electron chi connectivity index (χ1n) is 10.2. The largest absolute Gasteiger partial charge is 0.360 e. The molecule has 0 aliphatic carbocycles. The van der Waals surface area contributed by atoms with Gasteiger partial charge in [-0.1, -0.05) is 31.2 Å². The molecular weight excluding hydrogens is 406 g/mol. The number of hydrogen-bond donors (Lipinski definition) is 0. The maximum atomic E-state index is 6.41. The molecule has 0 bridgehead atoms. The summed E-state index contributed by atoms with van der Waals surface area (Å²) >= 11 is 6.41. The summed E-state index contributed by atoms with van der Waals surface area (Å²) in [6, 6.07) is 1.12. The minimum absolute atomic E-state index is 0.00994. The van der Waals surface area contributed by atoms with Gasteiger partial charge in [-0.05, 0) is 25.3 Å². The summed E-state index contributed by atoms with van der Waals surface area (Å²) in [4.78, 5) is 4.39. The quantitative estimate of drug-likeness (QED) is 0.299. The van der Waals surface area contributed by atoms with Gasteiger partial charge in [-0.15, -0.1) is 0 Å². The van der Waals surface area contributed by atoms with E-state index in [-0.39, 0.29) is 6.23 Å². The number of halogens is 1. The summed E-state index contributed by atoms with van der Waals surface area (Å²) in [6.07, 6.45) is 10.8. The van der Waals surface area contributed by atoms with Gasteiger partial charge in [-0.3, -0.25) is 0 Å². The Morgan fingerprint density at radius 2 is 2.07 bits per heavy atom. The Morgan fingerprint density at radius 3 is 2.83 bits per heavy atom. The first-order valence-corrected chi connectivity index (χ1v) is 14.2. The van der Waals surface area contributed by atoms with E-state index < -0.39 is 8.07 Å². The van der Waals surface area contributed by atoms with Crippen molar-refractivity contribution >= 4 is 30.6 Å². The Labute approximate surface area is 177 Å². The molecule has 156 valence electrons. The third kappa shape index (κ3) is 4.71. The van der Waals surface area contributed by atoms with E-state index in [1.54, 1.807) is 10.9 Å². The van der Waals surface area contributed by atoms with Gasteiger partial charge in [0, 0.05) is 50.2 Å². The van der Waals surface area contributed by atoms with Crippen LogP contribution in [-0.2, 0) is 16.2 Å². The van der Waals surface area contributed by atoms with E-state index in [0.29, 0.717) is 11.9 Å². The highest BCUT2D eigenvalue weighted by Gasteiger charge is 2.19. The molecule has 1 atom stereocenters. The van der Waals surface area contributed by atoms with E-state index in [4.69, 9.17) is 21.1 Å². The zero-order valence-electron chi connectivity index (χ0n) is 17.3. The molecule has 4 rings (SSSR count). The van der Waals surface area contributed by atoms with Gasteiger partial charge in [0.05, 0.1) is 12.4 Å². The summed E-state index contributed by atoms with van der Waals surface area (Å²) in [5.74, 6) is 0. The molecule has 0 radical (unpaired) electrons. The highest BCUT2D eigenvalue weighted by atomic mass is 35.5. The zero-order chi connectivity index (χ0) is 20.4. The number of pyridine rings is 1. The average Bonchev–Trinajstić information content (AvgIpc) is 3.34. The van der Waals surface area contributed by atoms with E-state index in [9.17, 15) is 0 Å². The van der Waals surface area contributed by atoms with E-state index in [1.165, 1.54) is 0 Å². The summed E-state index contributed by atoms with van der Waals surface area (Å²) in [6.45, 7) is 8.91. The van der Waals surface area contributed by atoms with E-state index in [2.05, 4.69) is 34.8 Å². The van der Waals surface area contributed by atoms with E-state index in [0.717, 1.165) is 60.6 Å². The smallest absolute Gasteiger partial charge is 0.155 e. The predicted molar refractivity (Wildman–Crippen MR) is 117 cm³/mol. The molecule has 3 aromatic heterocycles. The number of hydrogen-bond acceptors (Lipinski definition) is 5. The van der Waals surface area contributed by atoms with Gasteiger partial charge in [-0.25, -0.2) is 14.3 Å². The third-order valence-electron chi connectivity index (χ3n) is 5.21. The molecule has 1 saturated heterocycles. The molecule has 1 unspecified atom stereocenters. The number of aromatic nitrogens is 5. The van der Waals surface area contributed by atoms with Gasteiger partial charge in [0.2, 0.25) is 0 Å². The summed E-state index contributed by atoms with van der Waals surface area (Å²) in [5.41, 5.74) is 2.73. The maximum Gasteiger partial charge on any atom is 0.155 e. The first-order chi connectivity index (χ1) is 13.9. The lowest BCUT2D eigenvalue weighted by atomic mass is 10.1. The molecule has 1 aliphatic heterocycles. The molecule has 4 heterocycles. The second kappa shape index (κ2) is 8.55. The third-order valence-corrected chi connectivity index (χ3v) is 7.19. The highest BCUT2D eigenvalue weighted by Crippen LogP contribution is 2.32. The van der Waals surface area contributed by atoms with Crippen LogP contribution in [0, 0.1) is 0 Å². The van der Waals surface area contributed by atoms with Gasteiger partial charge in [0.1, 0.15) is 18.5 Å². The Bertz CT molecular complexity index is 975. The van der Waals surface area contributed by atoms with Gasteiger partial charge in [0.15, 0.2) is 5.15 Å². The predicted octanol–water partition coefficient (Wildman–Crippen LogP) is 4.96. The minimum atomic E-state index is -1.12. The molecule has 0 spiro atoms. The van der Waals surface area contributed by atoms with Crippen molar-refractivity contribution in [3.63, 3.8) is 0 Å². The van der Waals surface area contributed by atoms with Crippen molar-refractivity contribution in [1.82, 2.24) is 24.5 Å². The highest BCUT2D eigenvalue weighted by molar-refractivity contribution is 6.76. The fraction of sp³-hybridized carbons (Fsp3) is 0.550. The Morgan fingerprint density at radius 1 is 1.21 bits per heavy atom. The molecule has 0 amide bonds. The first kappa shape index (κ1) is 20.5. The molecule has 29 heavy (non-hydrogen) atoms. The van der Waals surface area contributed by atoms with Crippen molar-refractivity contribution in [2.24, 2.45) is 0 Å². The summed E-state index contributed by atoms with van der Waals surface area (Å²) < 4.78 is 15.4. The van der Waals surface area contributed by atoms with Crippen LogP contribution in [-0.4, -0.2) is 45.8 Å². The van der Waals surface area contributed by atoms with Crippen molar-refractivity contribution in [2.45, 2.75) is 57.9 Å². The lowest BCUT2D eigenvalue weighted by Crippen LogP contribution is -2.22. The van der Waals surface area contributed by atoms with Crippen LogP contribution < -0.4 is 0 Å². The van der Waals surface area contributed by atoms with Gasteiger partial charge >= 0.3 is 0 Å². The molecule has 9 heteroatoms. The minimum Gasteiger partial charge on any atom is -0.360 e. The number of ether oxygens (including phenoxy) is 2. The zero-order valence-corrected chi connectivity index (χ0v) is 19.0. The molecule has 3 aromatic rings. The summed E-state index contributed by atoms with van der Waals surface area (Å²) in [7, 11) is -1.12. The number of nitrogens with zero attached hydrogens (tertiary/aromatic N) is 5. The number of rotatable bonds is 7. The Hall–Kier alpha value is -1.74. The monoisotopic (exact) mass is 433 g/mol. The van der Waals surface area contributed by atoms with Crippen LogP contribution in [0.1, 0.15) is 25.5 Å². The summed E-state index contributed by atoms with van der Waals surface area (Å²) in [5, 5.41) is 10.4. The van der Waals surface area contributed by atoms with Gasteiger partial charge < -0.3 is 9.47 Å². The van der Waals surface area contributed by atoms with Crippen LogP contribution >= 0.6 is 11.6 Å². The molecule has 0 aromatic carbocycles. The fourth-order valence-corrected chi connectivity index (χ4v) is 4.48. The van der Waals surface area contributed by atoms with Crippen molar-refractivity contribution in [3.05, 3.63) is 29.9 Å². The van der Waals surface area contributed by atoms with Crippen LogP contribution in [0.15, 0.2) is 24.8 Å². The van der Waals surface area contributed by atoms with Crippen molar-refractivity contribution in [1.29, 1.82) is 0 Å². The maximum absolute atomic E-state index is 6.41. The molecule has 0 N–H and O–H groups in total. The van der Waals surface area contributed by atoms with E-state index >= 15 is 0 Å². The van der Waals surface area contributed by atoms with Crippen LogP contribution in [0.4, 0.5) is 0 Å². The standard InChI is InChI=1S/C20H28ClN5O2Si/c1-29(2,3)9-8-27-14-26-19-17(12-24-26)16(11-22-20(19)21)15-10-23-25(13-15)18-6-4-5-7-28-18/h10-13,18H,4-9,14H2,1-3H3. The molecule has 1 fully saturated rings. The lowest BCUT2D eigenvalue weighted by Gasteiger charge is -2.22. The fourth-order valence-electron chi connectivity index (χ4n) is 3.48. The number of fused-ring (bicyclic) bond motifs is 1. The second-order valence-corrected chi connectivity index (χ2v) is 14.7. The van der Waals surface area contributed by atoms with Crippen LogP contribution in [0.25, 0.3) is 22.0 Å². The van der Waals surface area contributed by atoms with Gasteiger partial charge in [0.25, 0.3) is 0 Å². The lowest BCUT2D eigenvalue weighted by molar-refractivity contribution is -0.0394. The van der Waals surface area contributed by atoms with Crippen molar-refractivity contribution in [2.75, 3.05) is 13.2 Å². The Balaban J connectivity index is 1.56. The molecular formula is C20H28ClN5O2Si. The van der Waals surface area contributed by atoms with Crippen LogP contribution in [0.5, 0.6) is 0 Å². The SMILES string of the molecule is C[Si](C)(C)CCOCn1ncc2c(-c3cnn(C4CCCCO4)c3)cnc(Cl)c21. The van der Waals surface area contributed by atoms with E-state index in [1.807, 2.05) is 23.3 Å².